The van der Waals surface area contributed by atoms with Gasteiger partial charge in [0.25, 0.3) is 0 Å². The quantitative estimate of drug-likeness (QED) is 0.751. The highest BCUT2D eigenvalue weighted by atomic mass is 16.2. The van der Waals surface area contributed by atoms with Crippen LogP contribution in [0.4, 0.5) is 0 Å². The molecule has 6 heteroatoms. The standard InChI is InChI=1S/C15H25N5O/c1-17(2)8-5-6-14(21)20-11-10-18(3)13(12-20)15-16-7-9-19(15)4/h5-7,9,13H,8,10-12H2,1-4H3/b6-5+. The molecule has 2 rings (SSSR count). The maximum Gasteiger partial charge on any atom is 0.246 e. The van der Waals surface area contributed by atoms with Gasteiger partial charge in [-0.15, -0.1) is 0 Å². The second-order valence-corrected chi connectivity index (χ2v) is 5.84. The Morgan fingerprint density at radius 1 is 1.43 bits per heavy atom. The number of amides is 1. The normalized spacial score (nSPS) is 20.6. The van der Waals surface area contributed by atoms with Gasteiger partial charge in [-0.2, -0.15) is 0 Å². The second-order valence-electron chi connectivity index (χ2n) is 5.84. The fourth-order valence-corrected chi connectivity index (χ4v) is 2.52. The van der Waals surface area contributed by atoms with Crippen molar-refractivity contribution in [3.63, 3.8) is 0 Å². The zero-order valence-electron chi connectivity index (χ0n) is 13.4. The Morgan fingerprint density at radius 2 is 2.19 bits per heavy atom. The molecule has 1 aromatic heterocycles. The predicted octanol–water partition coefficient (Wildman–Crippen LogP) is 0.353. The summed E-state index contributed by atoms with van der Waals surface area (Å²) in [5.41, 5.74) is 0. The van der Waals surface area contributed by atoms with E-state index in [-0.39, 0.29) is 11.9 Å². The van der Waals surface area contributed by atoms with Gasteiger partial charge in [-0.25, -0.2) is 4.98 Å². The summed E-state index contributed by atoms with van der Waals surface area (Å²) in [4.78, 5) is 22.9. The molecular formula is C15H25N5O. The lowest BCUT2D eigenvalue weighted by Crippen LogP contribution is -2.49. The van der Waals surface area contributed by atoms with Crippen molar-refractivity contribution < 1.29 is 4.79 Å². The van der Waals surface area contributed by atoms with E-state index in [2.05, 4.69) is 16.9 Å². The Hall–Kier alpha value is -1.66. The number of piperazine rings is 1. The van der Waals surface area contributed by atoms with Gasteiger partial charge >= 0.3 is 0 Å². The molecule has 0 aliphatic carbocycles. The van der Waals surface area contributed by atoms with Crippen LogP contribution in [-0.2, 0) is 11.8 Å². The van der Waals surface area contributed by atoms with E-state index in [9.17, 15) is 4.79 Å². The van der Waals surface area contributed by atoms with Gasteiger partial charge in [0.05, 0.1) is 6.04 Å². The summed E-state index contributed by atoms with van der Waals surface area (Å²) in [5.74, 6) is 1.09. The van der Waals surface area contributed by atoms with Crippen molar-refractivity contribution >= 4 is 5.91 Å². The number of carbonyl (C=O) groups excluding carboxylic acids is 1. The Labute approximate surface area is 126 Å². The number of likely N-dealkylation sites (N-methyl/N-ethyl adjacent to an activating group) is 2. The van der Waals surface area contributed by atoms with Crippen LogP contribution < -0.4 is 0 Å². The molecule has 0 aromatic carbocycles. The van der Waals surface area contributed by atoms with Gasteiger partial charge in [0.1, 0.15) is 5.82 Å². The molecular weight excluding hydrogens is 266 g/mol. The van der Waals surface area contributed by atoms with Gasteiger partial charge in [-0.05, 0) is 21.1 Å². The molecule has 0 spiro atoms. The molecule has 0 saturated carbocycles. The number of rotatable bonds is 4. The molecule has 6 nitrogen and oxygen atoms in total. The van der Waals surface area contributed by atoms with E-state index < -0.39 is 0 Å². The lowest BCUT2D eigenvalue weighted by Gasteiger charge is -2.38. The van der Waals surface area contributed by atoms with Crippen LogP contribution in [0.1, 0.15) is 11.9 Å². The first-order valence-electron chi connectivity index (χ1n) is 7.26. The zero-order valence-corrected chi connectivity index (χ0v) is 13.4. The van der Waals surface area contributed by atoms with E-state index in [1.807, 2.05) is 47.8 Å². The first-order valence-corrected chi connectivity index (χ1v) is 7.26. The van der Waals surface area contributed by atoms with Crippen LogP contribution in [0.25, 0.3) is 0 Å². The van der Waals surface area contributed by atoms with Crippen molar-refractivity contribution in [3.05, 3.63) is 30.4 Å². The Balaban J connectivity index is 2.02. The largest absolute Gasteiger partial charge is 0.337 e. The summed E-state index contributed by atoms with van der Waals surface area (Å²) in [5, 5.41) is 0. The number of carbonyl (C=O) groups is 1. The van der Waals surface area contributed by atoms with E-state index in [0.717, 1.165) is 25.5 Å². The van der Waals surface area contributed by atoms with Gasteiger partial charge in [0.15, 0.2) is 0 Å². The Kier molecular flexibility index (Phi) is 5.14. The first kappa shape index (κ1) is 15.7. The molecule has 116 valence electrons. The van der Waals surface area contributed by atoms with Crippen molar-refractivity contribution in [3.8, 4) is 0 Å². The van der Waals surface area contributed by atoms with Gasteiger partial charge < -0.3 is 14.4 Å². The van der Waals surface area contributed by atoms with Crippen LogP contribution in [-0.4, -0.2) is 77.5 Å². The van der Waals surface area contributed by atoms with Crippen LogP contribution in [0, 0.1) is 0 Å². The minimum Gasteiger partial charge on any atom is -0.337 e. The van der Waals surface area contributed by atoms with Gasteiger partial charge in [-0.1, -0.05) is 6.08 Å². The molecule has 1 aliphatic rings. The molecule has 1 unspecified atom stereocenters. The van der Waals surface area contributed by atoms with E-state index >= 15 is 0 Å². The Bertz CT molecular complexity index is 508. The molecule has 1 aromatic rings. The van der Waals surface area contributed by atoms with E-state index in [1.165, 1.54) is 0 Å². The lowest BCUT2D eigenvalue weighted by atomic mass is 10.1. The maximum atomic E-state index is 12.3. The molecule has 2 heterocycles. The SMILES string of the molecule is CN(C)C/C=C/C(=O)N1CCN(C)C(c2nccn2C)C1. The molecule has 1 aliphatic heterocycles. The zero-order chi connectivity index (χ0) is 15.4. The third-order valence-electron chi connectivity index (χ3n) is 3.85. The van der Waals surface area contributed by atoms with E-state index in [4.69, 9.17) is 0 Å². The molecule has 0 bridgehead atoms. The molecule has 0 N–H and O–H groups in total. The van der Waals surface area contributed by atoms with Crippen LogP contribution in [0.2, 0.25) is 0 Å². The maximum absolute atomic E-state index is 12.3. The highest BCUT2D eigenvalue weighted by Gasteiger charge is 2.29. The Morgan fingerprint density at radius 3 is 2.81 bits per heavy atom. The summed E-state index contributed by atoms with van der Waals surface area (Å²) in [6.45, 7) is 3.10. The summed E-state index contributed by atoms with van der Waals surface area (Å²) in [6.07, 6.45) is 7.35. The lowest BCUT2D eigenvalue weighted by molar-refractivity contribution is -0.128. The monoisotopic (exact) mass is 291 g/mol. The minimum atomic E-state index is 0.0872. The van der Waals surface area contributed by atoms with E-state index in [0.29, 0.717) is 6.54 Å². The number of hydrogen-bond acceptors (Lipinski definition) is 4. The van der Waals surface area contributed by atoms with Gasteiger partial charge in [-0.3, -0.25) is 9.69 Å². The average Bonchev–Trinajstić information content (AvgIpc) is 2.85. The third kappa shape index (κ3) is 3.92. The average molecular weight is 291 g/mol. The van der Waals surface area contributed by atoms with Crippen LogP contribution in [0.3, 0.4) is 0 Å². The smallest absolute Gasteiger partial charge is 0.246 e. The van der Waals surface area contributed by atoms with Gasteiger partial charge in [0.2, 0.25) is 5.91 Å². The third-order valence-corrected chi connectivity index (χ3v) is 3.85. The highest BCUT2D eigenvalue weighted by molar-refractivity contribution is 5.87. The van der Waals surface area contributed by atoms with Crippen LogP contribution >= 0.6 is 0 Å². The summed E-state index contributed by atoms with van der Waals surface area (Å²) in [7, 11) is 8.06. The van der Waals surface area contributed by atoms with E-state index in [1.54, 1.807) is 12.3 Å². The summed E-state index contributed by atoms with van der Waals surface area (Å²) >= 11 is 0. The van der Waals surface area contributed by atoms with Crippen LogP contribution in [0.5, 0.6) is 0 Å². The van der Waals surface area contributed by atoms with Crippen LogP contribution in [0.15, 0.2) is 24.5 Å². The van der Waals surface area contributed by atoms with Gasteiger partial charge in [0, 0.05) is 51.7 Å². The minimum absolute atomic E-state index is 0.0872. The summed E-state index contributed by atoms with van der Waals surface area (Å²) in [6, 6.07) is 0.157. The number of hydrogen-bond donors (Lipinski definition) is 0. The molecule has 1 atom stereocenters. The number of aryl methyl sites for hydroxylation is 1. The van der Waals surface area contributed by atoms with Crippen molar-refractivity contribution in [1.29, 1.82) is 0 Å². The molecule has 1 saturated heterocycles. The predicted molar refractivity (Wildman–Crippen MR) is 82.9 cm³/mol. The van der Waals surface area contributed by atoms with Crippen molar-refractivity contribution in [2.45, 2.75) is 6.04 Å². The molecule has 0 radical (unpaired) electrons. The molecule has 21 heavy (non-hydrogen) atoms. The number of aromatic nitrogens is 2. The topological polar surface area (TPSA) is 44.6 Å². The molecule has 1 amide bonds. The molecule has 1 fully saturated rings. The number of imidazole rings is 1. The highest BCUT2D eigenvalue weighted by Crippen LogP contribution is 2.22. The van der Waals surface area contributed by atoms with Crippen molar-refractivity contribution in [2.75, 3.05) is 47.3 Å². The fourth-order valence-electron chi connectivity index (χ4n) is 2.52. The fraction of sp³-hybridized carbons (Fsp3) is 0.600. The summed E-state index contributed by atoms with van der Waals surface area (Å²) < 4.78 is 2.02. The van der Waals surface area contributed by atoms with Crippen molar-refractivity contribution in [1.82, 2.24) is 24.3 Å². The number of nitrogens with zero attached hydrogens (tertiary/aromatic N) is 5. The second kappa shape index (κ2) is 6.87. The first-order chi connectivity index (χ1) is 9.99. The van der Waals surface area contributed by atoms with Crippen molar-refractivity contribution in [2.24, 2.45) is 7.05 Å².